The zero-order valence-electron chi connectivity index (χ0n) is 24.0. The Bertz CT molecular complexity index is 1900. The zero-order valence-corrected chi connectivity index (χ0v) is 24.0. The van der Waals surface area contributed by atoms with E-state index in [4.69, 9.17) is 11.0 Å². The number of rotatable bonds is 5. The minimum Gasteiger partial charge on any atom is -0.464 e. The average Bonchev–Trinajstić information content (AvgIpc) is 3.56. The Morgan fingerprint density at radius 1 is 0.825 bits per heavy atom. The Balaban J connectivity index is 1.78. The molecule has 0 aliphatic heterocycles. The number of aryl methyl sites for hydroxylation is 2. The number of aromatic nitrogens is 2. The zero-order chi connectivity index (χ0) is 28.1. The quantitative estimate of drug-likeness (QED) is 0.163. The first-order chi connectivity index (χ1) is 19.3. The Morgan fingerprint density at radius 3 is 2.17 bits per heavy atom. The van der Waals surface area contributed by atoms with Gasteiger partial charge in [-0.3, -0.25) is 0 Å². The van der Waals surface area contributed by atoms with Crippen LogP contribution in [0.4, 0.5) is 5.69 Å². The maximum absolute atomic E-state index is 7.67. The maximum Gasteiger partial charge on any atom is 0.295 e. The second-order valence-corrected chi connectivity index (χ2v) is 11.3. The molecule has 0 bridgehead atoms. The van der Waals surface area contributed by atoms with Gasteiger partial charge < -0.3 is 4.42 Å². The fraction of sp³-hybridized carbons (Fsp3) is 0.222. The Kier molecular flexibility index (Phi) is 6.31. The molecule has 0 radical (unpaired) electrons. The highest BCUT2D eigenvalue weighted by atomic mass is 16.3. The molecule has 0 saturated heterocycles. The van der Waals surface area contributed by atoms with Crippen molar-refractivity contribution in [1.82, 2.24) is 4.57 Å². The summed E-state index contributed by atoms with van der Waals surface area (Å²) in [5.41, 5.74) is 12.3. The van der Waals surface area contributed by atoms with Gasteiger partial charge in [0.05, 0.1) is 25.4 Å². The van der Waals surface area contributed by atoms with Crippen LogP contribution < -0.4 is 4.57 Å². The summed E-state index contributed by atoms with van der Waals surface area (Å²) in [6.45, 7) is 19.0. The van der Waals surface area contributed by atoms with Gasteiger partial charge in [-0.2, -0.15) is 4.57 Å². The summed E-state index contributed by atoms with van der Waals surface area (Å²) in [6.07, 6.45) is 1.76. The van der Waals surface area contributed by atoms with Gasteiger partial charge in [0.25, 0.3) is 5.82 Å². The third kappa shape index (κ3) is 4.01. The molecule has 4 nitrogen and oxygen atoms in total. The van der Waals surface area contributed by atoms with Gasteiger partial charge in [0.1, 0.15) is 11.3 Å². The van der Waals surface area contributed by atoms with Crippen molar-refractivity contribution in [2.24, 2.45) is 7.05 Å². The molecule has 0 amide bonds. The van der Waals surface area contributed by atoms with E-state index in [-0.39, 0.29) is 0 Å². The summed E-state index contributed by atoms with van der Waals surface area (Å²) in [4.78, 5) is 3.75. The van der Waals surface area contributed by atoms with Gasteiger partial charge in [-0.1, -0.05) is 64.1 Å². The number of imidazole rings is 1. The van der Waals surface area contributed by atoms with Crippen molar-refractivity contribution in [2.75, 3.05) is 0 Å². The van der Waals surface area contributed by atoms with Crippen molar-refractivity contribution in [3.8, 4) is 28.2 Å². The normalized spacial score (nSPS) is 11.7. The number of furan rings is 1. The van der Waals surface area contributed by atoms with Crippen molar-refractivity contribution in [2.45, 2.75) is 46.5 Å². The first-order valence-corrected chi connectivity index (χ1v) is 13.9. The molecule has 0 unspecified atom stereocenters. The predicted molar refractivity (Wildman–Crippen MR) is 164 cm³/mol. The monoisotopic (exact) mass is 524 g/mol. The van der Waals surface area contributed by atoms with Gasteiger partial charge in [-0.05, 0) is 77.9 Å². The van der Waals surface area contributed by atoms with Crippen LogP contribution in [-0.2, 0) is 7.05 Å². The molecule has 0 atom stereocenters. The second kappa shape index (κ2) is 9.84. The van der Waals surface area contributed by atoms with Gasteiger partial charge in [0.2, 0.25) is 0 Å². The second-order valence-electron chi connectivity index (χ2n) is 11.3. The lowest BCUT2D eigenvalue weighted by Crippen LogP contribution is -2.36. The first kappa shape index (κ1) is 25.6. The van der Waals surface area contributed by atoms with E-state index in [0.717, 1.165) is 33.4 Å². The number of hydrogen-bond donors (Lipinski definition) is 0. The summed E-state index contributed by atoms with van der Waals surface area (Å²) < 4.78 is 10.4. The number of nitrogens with zero attached hydrogens (tertiary/aromatic N) is 3. The smallest absolute Gasteiger partial charge is 0.295 e. The first-order valence-electron chi connectivity index (χ1n) is 13.9. The minimum atomic E-state index is 0.298. The van der Waals surface area contributed by atoms with E-state index in [9.17, 15) is 0 Å². The van der Waals surface area contributed by atoms with Gasteiger partial charge in [0.15, 0.2) is 16.7 Å². The highest BCUT2D eigenvalue weighted by molar-refractivity contribution is 5.89. The molecular formula is C36H34N3O+. The Morgan fingerprint density at radius 2 is 1.52 bits per heavy atom. The molecule has 0 spiro atoms. The predicted octanol–water partition coefficient (Wildman–Crippen LogP) is 9.64. The lowest BCUT2D eigenvalue weighted by Gasteiger charge is -2.21. The topological polar surface area (TPSA) is 26.3 Å². The molecule has 0 saturated carbocycles. The SMILES string of the molecule is [C-]#[N+]c1ccc2c(c1)n(C)c(-c1ccc3occc3c1C)[n+]2-c1c(C(C)C)cc(-c2ccccc2)cc1C(C)C. The lowest BCUT2D eigenvalue weighted by atomic mass is 9.88. The molecule has 0 N–H and O–H groups in total. The fourth-order valence-corrected chi connectivity index (χ4v) is 5.99. The number of fused-ring (bicyclic) bond motifs is 2. The van der Waals surface area contributed by atoms with E-state index in [0.29, 0.717) is 17.5 Å². The molecular weight excluding hydrogens is 490 g/mol. The maximum atomic E-state index is 7.67. The number of hydrogen-bond acceptors (Lipinski definition) is 1. The van der Waals surface area contributed by atoms with Crippen LogP contribution in [0.2, 0.25) is 0 Å². The molecule has 0 aliphatic carbocycles. The molecule has 198 valence electrons. The molecule has 4 heteroatoms. The average molecular weight is 525 g/mol. The molecule has 4 aromatic carbocycles. The molecule has 6 rings (SSSR count). The Labute approximate surface area is 235 Å². The fourth-order valence-electron chi connectivity index (χ4n) is 5.99. The highest BCUT2D eigenvalue weighted by Crippen LogP contribution is 2.38. The van der Waals surface area contributed by atoms with Crippen LogP contribution >= 0.6 is 0 Å². The van der Waals surface area contributed by atoms with E-state index in [1.807, 2.05) is 18.2 Å². The summed E-state index contributed by atoms with van der Waals surface area (Å²) in [7, 11) is 2.11. The standard InChI is InChI=1S/C36H34N3O/c1-22(2)30-19-26(25-11-9-8-10-12-25)20-31(23(3)4)35(30)39-32-15-13-27(37-6)21-33(32)38(7)36(39)29-14-16-34-28(24(29)5)17-18-40-34/h8-23H,1-5,7H3/q+1. The van der Waals surface area contributed by atoms with Crippen molar-refractivity contribution in [1.29, 1.82) is 0 Å². The molecule has 40 heavy (non-hydrogen) atoms. The van der Waals surface area contributed by atoms with E-state index in [1.54, 1.807) is 6.26 Å². The molecule has 2 aromatic heterocycles. The van der Waals surface area contributed by atoms with Gasteiger partial charge >= 0.3 is 0 Å². The lowest BCUT2D eigenvalue weighted by molar-refractivity contribution is -0.557. The summed E-state index contributed by atoms with van der Waals surface area (Å²) in [5.74, 6) is 1.69. The van der Waals surface area contributed by atoms with E-state index < -0.39 is 0 Å². The minimum absolute atomic E-state index is 0.298. The van der Waals surface area contributed by atoms with Crippen LogP contribution in [0.1, 0.15) is 56.2 Å². The third-order valence-electron chi connectivity index (χ3n) is 8.11. The van der Waals surface area contributed by atoms with Crippen molar-refractivity contribution in [3.63, 3.8) is 0 Å². The van der Waals surface area contributed by atoms with Gasteiger partial charge in [-0.25, -0.2) is 9.41 Å². The van der Waals surface area contributed by atoms with Crippen molar-refractivity contribution in [3.05, 3.63) is 113 Å². The summed E-state index contributed by atoms with van der Waals surface area (Å²) >= 11 is 0. The van der Waals surface area contributed by atoms with Crippen LogP contribution in [0.25, 0.3) is 55.0 Å². The van der Waals surface area contributed by atoms with Crippen LogP contribution in [0, 0.1) is 13.5 Å². The largest absolute Gasteiger partial charge is 0.464 e. The van der Waals surface area contributed by atoms with E-state index in [2.05, 4.69) is 116 Å². The van der Waals surface area contributed by atoms with E-state index in [1.165, 1.54) is 33.5 Å². The summed E-state index contributed by atoms with van der Waals surface area (Å²) in [6, 6.07) is 27.7. The van der Waals surface area contributed by atoms with Crippen molar-refractivity contribution < 1.29 is 8.98 Å². The van der Waals surface area contributed by atoms with Crippen LogP contribution in [0.3, 0.4) is 0 Å². The third-order valence-corrected chi connectivity index (χ3v) is 8.11. The molecule has 2 heterocycles. The van der Waals surface area contributed by atoms with Gasteiger partial charge in [0, 0.05) is 16.5 Å². The van der Waals surface area contributed by atoms with Crippen LogP contribution in [-0.4, -0.2) is 4.57 Å². The van der Waals surface area contributed by atoms with Crippen LogP contribution in [0.5, 0.6) is 0 Å². The van der Waals surface area contributed by atoms with E-state index >= 15 is 0 Å². The highest BCUT2D eigenvalue weighted by Gasteiger charge is 2.32. The van der Waals surface area contributed by atoms with Gasteiger partial charge in [-0.15, -0.1) is 0 Å². The number of benzene rings is 4. The van der Waals surface area contributed by atoms with Crippen molar-refractivity contribution >= 4 is 27.7 Å². The molecule has 6 aromatic rings. The summed E-state index contributed by atoms with van der Waals surface area (Å²) in [5, 5.41) is 1.11. The van der Waals surface area contributed by atoms with Crippen LogP contribution in [0.15, 0.2) is 89.5 Å². The molecule has 0 aliphatic rings. The Hall–Kier alpha value is -4.62. The molecule has 0 fully saturated rings.